The highest BCUT2D eigenvalue weighted by Crippen LogP contribution is 2.29. The first-order valence-electron chi connectivity index (χ1n) is 7.22. The number of hydrogen-bond donors (Lipinski definition) is 1. The molecule has 0 aliphatic heterocycles. The van der Waals surface area contributed by atoms with Crippen LogP contribution in [0.5, 0.6) is 0 Å². The molecule has 0 amide bonds. The zero-order valence-electron chi connectivity index (χ0n) is 13.3. The first kappa shape index (κ1) is 16.5. The summed E-state index contributed by atoms with van der Waals surface area (Å²) in [5.74, 6) is -0.589. The predicted octanol–water partition coefficient (Wildman–Crippen LogP) is 3.64. The molecule has 0 aliphatic carbocycles. The highest BCUT2D eigenvalue weighted by atomic mass is 16.6. The van der Waals surface area contributed by atoms with Crippen LogP contribution in [-0.4, -0.2) is 22.5 Å². The van der Waals surface area contributed by atoms with Crippen molar-refractivity contribution in [1.82, 2.24) is 4.98 Å². The van der Waals surface area contributed by atoms with Gasteiger partial charge in [-0.2, -0.15) is 0 Å². The number of esters is 1. The van der Waals surface area contributed by atoms with Crippen molar-refractivity contribution in [2.45, 2.75) is 20.8 Å². The predicted molar refractivity (Wildman–Crippen MR) is 87.9 cm³/mol. The highest BCUT2D eigenvalue weighted by Gasteiger charge is 2.23. The Hall–Kier alpha value is -2.89. The number of aromatic nitrogens is 1. The molecule has 0 atom stereocenters. The molecular weight excluding hydrogens is 296 g/mol. The highest BCUT2D eigenvalue weighted by molar-refractivity contribution is 6.22. The van der Waals surface area contributed by atoms with E-state index in [1.54, 1.807) is 31.2 Å². The van der Waals surface area contributed by atoms with Crippen LogP contribution < -0.4 is 0 Å². The summed E-state index contributed by atoms with van der Waals surface area (Å²) in [7, 11) is 0. The number of nitrogens with zero attached hydrogens (tertiary/aromatic N) is 1. The minimum atomic E-state index is -0.589. The molecule has 23 heavy (non-hydrogen) atoms. The van der Waals surface area contributed by atoms with Gasteiger partial charge in [-0.05, 0) is 44.5 Å². The molecule has 120 valence electrons. The van der Waals surface area contributed by atoms with E-state index in [1.807, 2.05) is 19.9 Å². The lowest BCUT2D eigenvalue weighted by atomic mass is 10.0. The third-order valence-corrected chi connectivity index (χ3v) is 3.36. The number of nitrogens with one attached hydrogen (secondary N) is 1. The van der Waals surface area contributed by atoms with Gasteiger partial charge in [0.2, 0.25) is 0 Å². The smallest absolute Gasteiger partial charge is 0.339 e. The van der Waals surface area contributed by atoms with Gasteiger partial charge in [0.05, 0.1) is 22.7 Å². The number of hydrogen-bond acceptors (Lipinski definition) is 4. The zero-order chi connectivity index (χ0) is 17.0. The third-order valence-electron chi connectivity index (χ3n) is 3.36. The minimum Gasteiger partial charge on any atom is -0.462 e. The Bertz CT molecular complexity index is 775. The second kappa shape index (κ2) is 6.91. The first-order chi connectivity index (χ1) is 10.9. The number of ether oxygens (including phenoxy) is 1. The Morgan fingerprint density at radius 3 is 2.61 bits per heavy atom. The molecule has 0 radical (unpaired) electrons. The van der Waals surface area contributed by atoms with Crippen molar-refractivity contribution in [2.24, 2.45) is 0 Å². The Labute approximate surface area is 133 Å². The summed E-state index contributed by atoms with van der Waals surface area (Å²) in [5.41, 5.74) is 2.88. The number of carbonyl (C=O) groups excluding carboxylic acids is 1. The van der Waals surface area contributed by atoms with Crippen molar-refractivity contribution in [3.05, 3.63) is 63.0 Å². The Kier molecular flexibility index (Phi) is 4.95. The monoisotopic (exact) mass is 314 g/mol. The molecule has 2 rings (SSSR count). The number of H-pyrrole nitrogens is 1. The molecule has 0 saturated carbocycles. The Morgan fingerprint density at radius 2 is 2.04 bits per heavy atom. The van der Waals surface area contributed by atoms with Crippen LogP contribution in [-0.2, 0) is 9.53 Å². The van der Waals surface area contributed by atoms with Crippen LogP contribution in [0.4, 0.5) is 5.69 Å². The van der Waals surface area contributed by atoms with E-state index in [4.69, 9.17) is 4.74 Å². The molecule has 1 heterocycles. The molecule has 1 aromatic heterocycles. The zero-order valence-corrected chi connectivity index (χ0v) is 13.3. The van der Waals surface area contributed by atoms with Gasteiger partial charge in [0.25, 0.3) is 5.69 Å². The van der Waals surface area contributed by atoms with Crippen LogP contribution >= 0.6 is 0 Å². The van der Waals surface area contributed by atoms with Gasteiger partial charge in [-0.25, -0.2) is 4.79 Å². The van der Waals surface area contributed by atoms with Crippen LogP contribution in [0.1, 0.15) is 29.4 Å². The van der Waals surface area contributed by atoms with E-state index in [2.05, 4.69) is 4.98 Å². The van der Waals surface area contributed by atoms with E-state index in [1.165, 1.54) is 6.07 Å². The van der Waals surface area contributed by atoms with Crippen LogP contribution in [0.2, 0.25) is 0 Å². The fourth-order valence-electron chi connectivity index (χ4n) is 2.36. The molecule has 0 fully saturated rings. The molecule has 6 nitrogen and oxygen atoms in total. The van der Waals surface area contributed by atoms with E-state index >= 15 is 0 Å². The summed E-state index contributed by atoms with van der Waals surface area (Å²) >= 11 is 0. The van der Waals surface area contributed by atoms with Gasteiger partial charge >= 0.3 is 5.97 Å². The van der Waals surface area contributed by atoms with Crippen molar-refractivity contribution >= 4 is 23.3 Å². The molecule has 1 N–H and O–H groups in total. The van der Waals surface area contributed by atoms with Gasteiger partial charge in [0, 0.05) is 17.5 Å². The first-order valence-corrected chi connectivity index (χ1v) is 7.22. The van der Waals surface area contributed by atoms with E-state index < -0.39 is 10.9 Å². The number of benzene rings is 1. The van der Waals surface area contributed by atoms with Gasteiger partial charge in [0.15, 0.2) is 0 Å². The lowest BCUT2D eigenvalue weighted by molar-refractivity contribution is -0.385. The maximum absolute atomic E-state index is 12.3. The Balaban J connectivity index is 2.62. The molecule has 0 saturated heterocycles. The average molecular weight is 314 g/mol. The second-order valence-corrected chi connectivity index (χ2v) is 5.10. The maximum Gasteiger partial charge on any atom is 0.339 e. The molecule has 0 spiro atoms. The van der Waals surface area contributed by atoms with E-state index in [-0.39, 0.29) is 23.4 Å². The molecule has 0 unspecified atom stereocenters. The summed E-state index contributed by atoms with van der Waals surface area (Å²) < 4.78 is 5.07. The minimum absolute atomic E-state index is 0.132. The summed E-state index contributed by atoms with van der Waals surface area (Å²) in [5, 5.41) is 11.2. The van der Waals surface area contributed by atoms with Gasteiger partial charge in [-0.3, -0.25) is 10.1 Å². The van der Waals surface area contributed by atoms with Gasteiger partial charge in [-0.15, -0.1) is 0 Å². The third kappa shape index (κ3) is 3.66. The Morgan fingerprint density at radius 1 is 1.35 bits per heavy atom. The van der Waals surface area contributed by atoms with Gasteiger partial charge in [0.1, 0.15) is 0 Å². The van der Waals surface area contributed by atoms with Crippen molar-refractivity contribution in [3.8, 4) is 0 Å². The number of para-hydroxylation sites is 1. The largest absolute Gasteiger partial charge is 0.462 e. The fourth-order valence-corrected chi connectivity index (χ4v) is 2.36. The molecule has 2 aromatic rings. The fraction of sp³-hybridized carbons (Fsp3) is 0.235. The maximum atomic E-state index is 12.3. The summed E-state index contributed by atoms with van der Waals surface area (Å²) in [6.45, 7) is 5.69. The topological polar surface area (TPSA) is 85.2 Å². The summed E-state index contributed by atoms with van der Waals surface area (Å²) in [4.78, 5) is 26.2. The van der Waals surface area contributed by atoms with Crippen molar-refractivity contribution in [1.29, 1.82) is 0 Å². The number of aromatic amines is 1. The van der Waals surface area contributed by atoms with E-state index in [9.17, 15) is 14.9 Å². The molecule has 0 bridgehead atoms. The van der Waals surface area contributed by atoms with Gasteiger partial charge < -0.3 is 9.72 Å². The number of nitro benzene ring substituents is 1. The van der Waals surface area contributed by atoms with Gasteiger partial charge in [-0.1, -0.05) is 12.1 Å². The summed E-state index contributed by atoms with van der Waals surface area (Å²) in [6, 6.07) is 8.08. The molecule has 0 aliphatic rings. The van der Waals surface area contributed by atoms with Crippen LogP contribution in [0.3, 0.4) is 0 Å². The lowest BCUT2D eigenvalue weighted by Gasteiger charge is -2.08. The van der Waals surface area contributed by atoms with E-state index in [0.717, 1.165) is 17.0 Å². The summed E-state index contributed by atoms with van der Waals surface area (Å²) in [6.07, 6.45) is 1.60. The standard InChI is InChI=1S/C17H18N2O4/c1-4-23-17(20)14(10-15-11(2)9-12(3)18-15)13-7-5-6-8-16(13)19(21)22/h5-10,18H,4H2,1-3H3/b14-10+. The number of rotatable bonds is 5. The molecule has 6 heteroatoms. The number of carbonyl (C=O) groups is 1. The van der Waals surface area contributed by atoms with Crippen LogP contribution in [0.15, 0.2) is 30.3 Å². The lowest BCUT2D eigenvalue weighted by Crippen LogP contribution is -2.08. The molecule has 1 aromatic carbocycles. The van der Waals surface area contributed by atoms with Crippen molar-refractivity contribution in [3.63, 3.8) is 0 Å². The molecular formula is C17H18N2O4. The van der Waals surface area contributed by atoms with E-state index in [0.29, 0.717) is 0 Å². The SMILES string of the molecule is CCOC(=O)/C(=C/c1[nH]c(C)cc1C)c1ccccc1[N+](=O)[O-]. The van der Waals surface area contributed by atoms with Crippen LogP contribution in [0, 0.1) is 24.0 Å². The van der Waals surface area contributed by atoms with Crippen molar-refractivity contribution in [2.75, 3.05) is 6.61 Å². The number of nitro groups is 1. The average Bonchev–Trinajstić information content (AvgIpc) is 2.82. The number of aryl methyl sites for hydroxylation is 2. The van der Waals surface area contributed by atoms with Crippen molar-refractivity contribution < 1.29 is 14.5 Å². The van der Waals surface area contributed by atoms with Crippen LogP contribution in [0.25, 0.3) is 11.6 Å². The second-order valence-electron chi connectivity index (χ2n) is 5.10. The normalized spacial score (nSPS) is 11.3. The quantitative estimate of drug-likeness (QED) is 0.395.